The first-order valence-electron chi connectivity index (χ1n) is 38.6. The molecule has 1 aliphatic rings. The molecule has 1 amide bonds. The molecule has 0 radical (unpaired) electrons. The maximum atomic E-state index is 13.1. The van der Waals surface area contributed by atoms with Crippen molar-refractivity contribution in [2.75, 3.05) is 13.2 Å². The zero-order chi connectivity index (χ0) is 62.1. The molecule has 7 atom stereocenters. The number of rotatable bonds is 69. The smallest absolute Gasteiger partial charge is 0.220 e. The Kier molecular flexibility index (Phi) is 64.0. The van der Waals surface area contributed by atoms with Crippen LogP contribution >= 0.6 is 0 Å². The van der Waals surface area contributed by atoms with E-state index >= 15 is 0 Å². The highest BCUT2D eigenvalue weighted by Crippen LogP contribution is 2.24. The molecule has 0 aromatic carbocycles. The van der Waals surface area contributed by atoms with Crippen molar-refractivity contribution in [3.8, 4) is 0 Å². The first-order chi connectivity index (χ1) is 42.3. The summed E-state index contributed by atoms with van der Waals surface area (Å²) in [7, 11) is 0. The highest BCUT2D eigenvalue weighted by molar-refractivity contribution is 5.76. The largest absolute Gasteiger partial charge is 0.394 e. The average Bonchev–Trinajstić information content (AvgIpc) is 2.33. The van der Waals surface area contributed by atoms with Crippen LogP contribution in [0.25, 0.3) is 0 Å². The monoisotopic (exact) mass is 1220 g/mol. The molecule has 1 aliphatic heterocycles. The van der Waals surface area contributed by atoms with E-state index < -0.39 is 49.5 Å². The van der Waals surface area contributed by atoms with Gasteiger partial charge in [0.05, 0.1) is 25.4 Å². The molecule has 7 unspecified atom stereocenters. The van der Waals surface area contributed by atoms with Crippen molar-refractivity contribution in [1.82, 2.24) is 5.32 Å². The molecule has 1 heterocycles. The number of hydrogen-bond acceptors (Lipinski definition) is 8. The topological polar surface area (TPSA) is 149 Å². The zero-order valence-electron chi connectivity index (χ0n) is 57.4. The molecule has 510 valence electrons. The standard InChI is InChI=1S/C77H149NO8/c1-3-5-7-9-11-13-15-17-19-21-23-25-27-29-31-33-35-37-38-40-42-44-46-48-50-52-54-56-58-60-62-64-66-71(80)70(69-85-77-76(84)75(83)74(82)72(68-79)86-77)78-73(81)67-65-63-61-59-57-55-53-51-49-47-45-43-41-39-36-34-32-30-28-26-24-22-20-18-16-14-12-10-8-6-4-2/h56,58,64,66,70-72,74-77,79-80,82-84H,3-55,57,59-63,65,67-69H2,1-2H3,(H,78,81)/b58-56+,66-64+. The number of amides is 1. The van der Waals surface area contributed by atoms with Gasteiger partial charge >= 0.3 is 0 Å². The van der Waals surface area contributed by atoms with Gasteiger partial charge in [0.2, 0.25) is 5.91 Å². The van der Waals surface area contributed by atoms with Crippen molar-refractivity contribution in [2.24, 2.45) is 0 Å². The van der Waals surface area contributed by atoms with Gasteiger partial charge in [0, 0.05) is 6.42 Å². The van der Waals surface area contributed by atoms with Crippen LogP contribution in [0.2, 0.25) is 0 Å². The van der Waals surface area contributed by atoms with E-state index in [1.54, 1.807) is 6.08 Å². The van der Waals surface area contributed by atoms with Crippen LogP contribution in [0.5, 0.6) is 0 Å². The maximum absolute atomic E-state index is 13.1. The number of carbonyl (C=O) groups excluding carboxylic acids is 1. The number of ether oxygens (including phenoxy) is 2. The van der Waals surface area contributed by atoms with E-state index in [9.17, 15) is 30.3 Å². The van der Waals surface area contributed by atoms with Gasteiger partial charge in [-0.3, -0.25) is 4.79 Å². The second kappa shape index (κ2) is 66.6. The van der Waals surface area contributed by atoms with E-state index in [4.69, 9.17) is 9.47 Å². The van der Waals surface area contributed by atoms with Crippen LogP contribution in [0, 0.1) is 0 Å². The Morgan fingerprint density at radius 1 is 0.384 bits per heavy atom. The molecule has 9 nitrogen and oxygen atoms in total. The molecule has 0 bridgehead atoms. The Morgan fingerprint density at radius 2 is 0.663 bits per heavy atom. The zero-order valence-corrected chi connectivity index (χ0v) is 57.4. The Hall–Kier alpha value is -1.33. The minimum atomic E-state index is -1.57. The van der Waals surface area contributed by atoms with Crippen LogP contribution in [0.4, 0.5) is 0 Å². The van der Waals surface area contributed by atoms with Crippen molar-refractivity contribution in [1.29, 1.82) is 0 Å². The highest BCUT2D eigenvalue weighted by Gasteiger charge is 2.44. The van der Waals surface area contributed by atoms with Crippen LogP contribution in [-0.4, -0.2) is 87.5 Å². The van der Waals surface area contributed by atoms with E-state index in [2.05, 4.69) is 31.3 Å². The maximum Gasteiger partial charge on any atom is 0.220 e. The number of nitrogens with one attached hydrogen (secondary N) is 1. The lowest BCUT2D eigenvalue weighted by atomic mass is 9.99. The average molecular weight is 1220 g/mol. The van der Waals surface area contributed by atoms with Crippen LogP contribution < -0.4 is 5.32 Å². The Balaban J connectivity index is 2.09. The lowest BCUT2D eigenvalue weighted by Gasteiger charge is -2.40. The van der Waals surface area contributed by atoms with Crippen molar-refractivity contribution >= 4 is 5.91 Å². The molecule has 1 rings (SSSR count). The fourth-order valence-corrected chi connectivity index (χ4v) is 12.8. The summed E-state index contributed by atoms with van der Waals surface area (Å²) < 4.78 is 11.3. The predicted molar refractivity (Wildman–Crippen MR) is 369 cm³/mol. The highest BCUT2D eigenvalue weighted by atomic mass is 16.7. The molecule has 9 heteroatoms. The number of hydrogen-bond donors (Lipinski definition) is 6. The van der Waals surface area contributed by atoms with Gasteiger partial charge in [-0.2, -0.15) is 0 Å². The number of allylic oxidation sites excluding steroid dienone is 3. The Morgan fingerprint density at radius 3 is 0.977 bits per heavy atom. The van der Waals surface area contributed by atoms with Gasteiger partial charge in [-0.25, -0.2) is 0 Å². The summed E-state index contributed by atoms with van der Waals surface area (Å²) in [5.74, 6) is -0.177. The molecule has 0 saturated carbocycles. The van der Waals surface area contributed by atoms with Gasteiger partial charge in [0.1, 0.15) is 24.4 Å². The fourth-order valence-electron chi connectivity index (χ4n) is 12.8. The lowest BCUT2D eigenvalue weighted by molar-refractivity contribution is -0.302. The fraction of sp³-hybridized carbons (Fsp3) is 0.935. The van der Waals surface area contributed by atoms with E-state index in [1.807, 2.05) is 6.08 Å². The number of carbonyl (C=O) groups is 1. The Labute approximate surface area is 534 Å². The molecular formula is C77H149NO8. The third kappa shape index (κ3) is 54.4. The molecule has 0 spiro atoms. The summed E-state index contributed by atoms with van der Waals surface area (Å²) in [4.78, 5) is 13.1. The first-order valence-corrected chi connectivity index (χ1v) is 38.6. The van der Waals surface area contributed by atoms with Gasteiger partial charge in [0.25, 0.3) is 0 Å². The summed E-state index contributed by atoms with van der Waals surface area (Å²) in [6.07, 6.45) is 81.8. The van der Waals surface area contributed by atoms with Crippen LogP contribution in [0.15, 0.2) is 24.3 Å². The van der Waals surface area contributed by atoms with E-state index in [1.165, 1.54) is 347 Å². The van der Waals surface area contributed by atoms with Gasteiger partial charge < -0.3 is 40.3 Å². The lowest BCUT2D eigenvalue weighted by Crippen LogP contribution is -2.60. The summed E-state index contributed by atoms with van der Waals surface area (Å²) in [5, 5.41) is 54.8. The number of unbranched alkanes of at least 4 members (excludes halogenated alkanes) is 57. The summed E-state index contributed by atoms with van der Waals surface area (Å²) in [5.41, 5.74) is 0. The minimum absolute atomic E-state index is 0.177. The van der Waals surface area contributed by atoms with Crippen LogP contribution in [0.1, 0.15) is 406 Å². The van der Waals surface area contributed by atoms with E-state index in [-0.39, 0.29) is 12.5 Å². The van der Waals surface area contributed by atoms with Gasteiger partial charge in [-0.15, -0.1) is 0 Å². The van der Waals surface area contributed by atoms with Crippen molar-refractivity contribution in [3.63, 3.8) is 0 Å². The molecule has 0 aromatic heterocycles. The van der Waals surface area contributed by atoms with Gasteiger partial charge in [-0.1, -0.05) is 391 Å². The summed E-state index contributed by atoms with van der Waals surface area (Å²) in [6.45, 7) is 3.84. The van der Waals surface area contributed by atoms with E-state index in [0.29, 0.717) is 6.42 Å². The van der Waals surface area contributed by atoms with Gasteiger partial charge in [0.15, 0.2) is 6.29 Å². The first kappa shape index (κ1) is 82.7. The predicted octanol–water partition coefficient (Wildman–Crippen LogP) is 21.6. The van der Waals surface area contributed by atoms with Crippen molar-refractivity contribution in [3.05, 3.63) is 24.3 Å². The van der Waals surface area contributed by atoms with Crippen molar-refractivity contribution < 1.29 is 39.8 Å². The second-order valence-corrected chi connectivity index (χ2v) is 27.2. The normalized spacial score (nSPS) is 18.1. The quantitative estimate of drug-likeness (QED) is 0.0261. The van der Waals surface area contributed by atoms with Crippen LogP contribution in [0.3, 0.4) is 0 Å². The SMILES string of the molecule is CCCCCCCCCCCCCCCCCCCCCCCCCCCC/C=C/CC/C=C/C(O)C(COC1OC(CO)C(O)C(O)C1O)NC(=O)CCCCCCCCCCCCCCCCCCCCCCCCCCCCCCCCC. The van der Waals surface area contributed by atoms with E-state index in [0.717, 1.165) is 38.5 Å². The Bertz CT molecular complexity index is 1410. The molecule has 6 N–H and O–H groups in total. The molecule has 0 aliphatic carbocycles. The number of aliphatic hydroxyl groups excluding tert-OH is 5. The molecule has 1 fully saturated rings. The van der Waals surface area contributed by atoms with Gasteiger partial charge in [-0.05, 0) is 32.1 Å². The van der Waals surface area contributed by atoms with Crippen LogP contribution in [-0.2, 0) is 14.3 Å². The third-order valence-electron chi connectivity index (χ3n) is 18.8. The van der Waals surface area contributed by atoms with Crippen molar-refractivity contribution in [2.45, 2.75) is 448 Å². The molecular weight excluding hydrogens is 1070 g/mol. The second-order valence-electron chi connectivity index (χ2n) is 27.2. The number of aliphatic hydroxyl groups is 5. The summed E-state index contributed by atoms with van der Waals surface area (Å²) in [6, 6.07) is -0.821. The molecule has 86 heavy (non-hydrogen) atoms. The minimum Gasteiger partial charge on any atom is -0.394 e. The molecule has 1 saturated heterocycles. The third-order valence-corrected chi connectivity index (χ3v) is 18.8. The molecule has 0 aromatic rings. The summed E-state index contributed by atoms with van der Waals surface area (Å²) >= 11 is 0.